The van der Waals surface area contributed by atoms with E-state index in [1.807, 2.05) is 0 Å². The average Bonchev–Trinajstić information content (AvgIpc) is 2.37. The number of hydrogen-bond donors (Lipinski definition) is 0. The molecule has 2 saturated carbocycles. The van der Waals surface area contributed by atoms with Crippen molar-refractivity contribution in [3.8, 4) is 0 Å². The van der Waals surface area contributed by atoms with Crippen LogP contribution in [0.5, 0.6) is 0 Å². The minimum atomic E-state index is 0.829. The smallest absolute Gasteiger partial charge is 0.0258 e. The summed E-state index contributed by atoms with van der Waals surface area (Å²) < 4.78 is 0. The monoisotopic (exact) mass is 138 g/mol. The molecule has 0 aromatic carbocycles. The molecule has 0 N–H and O–H groups in total. The molecule has 0 aromatic heterocycles. The zero-order chi connectivity index (χ0) is 7.35. The molecule has 0 aromatic rings. The van der Waals surface area contributed by atoms with Gasteiger partial charge in [-0.2, -0.15) is 0 Å². The highest BCUT2D eigenvalue weighted by Gasteiger charge is 2.69. The molecule has 0 amide bonds. The minimum absolute atomic E-state index is 0.829. The number of hydrogen-bond acceptors (Lipinski definition) is 0. The Morgan fingerprint density at radius 2 is 2.00 bits per heavy atom. The molecule has 0 aliphatic heterocycles. The van der Waals surface area contributed by atoms with E-state index in [2.05, 4.69) is 20.8 Å². The summed E-state index contributed by atoms with van der Waals surface area (Å²) in [7, 11) is 0. The van der Waals surface area contributed by atoms with Gasteiger partial charge in [0.1, 0.15) is 0 Å². The Morgan fingerprint density at radius 1 is 1.30 bits per heavy atom. The fraction of sp³-hybridized carbons (Fsp3) is 1.00. The molecule has 2 aliphatic carbocycles. The van der Waals surface area contributed by atoms with Crippen LogP contribution < -0.4 is 0 Å². The summed E-state index contributed by atoms with van der Waals surface area (Å²) in [6.45, 7) is 7.17. The maximum atomic E-state index is 2.48. The third-order valence-electron chi connectivity index (χ3n) is 4.11. The Labute approximate surface area is 64.0 Å². The maximum Gasteiger partial charge on any atom is -0.0258 e. The molecule has 0 spiro atoms. The van der Waals surface area contributed by atoms with E-state index >= 15 is 0 Å². The van der Waals surface area contributed by atoms with Gasteiger partial charge in [-0.3, -0.25) is 0 Å². The topological polar surface area (TPSA) is 0 Å². The minimum Gasteiger partial charge on any atom is -0.0651 e. The lowest BCUT2D eigenvalue weighted by atomic mass is 9.75. The number of fused-ring (bicyclic) bond motifs is 1. The highest BCUT2D eigenvalue weighted by molar-refractivity contribution is 5.18. The standard InChI is InChI=1S/C10H18/c1-4-7-6-10(3)8(5-2)9(7)10/h7-9H,4-6H2,1-3H3. The van der Waals surface area contributed by atoms with Crippen molar-refractivity contribution >= 4 is 0 Å². The highest BCUT2D eigenvalue weighted by atomic mass is 14.7. The summed E-state index contributed by atoms with van der Waals surface area (Å²) in [5.74, 6) is 3.36. The van der Waals surface area contributed by atoms with Crippen LogP contribution in [0.2, 0.25) is 0 Å². The van der Waals surface area contributed by atoms with Gasteiger partial charge in [-0.05, 0) is 29.6 Å². The van der Waals surface area contributed by atoms with Crippen LogP contribution in [-0.4, -0.2) is 0 Å². The SMILES string of the molecule is CCC1CC2(C)C(CC)C12. The van der Waals surface area contributed by atoms with Gasteiger partial charge >= 0.3 is 0 Å². The Bertz CT molecular complexity index is 150. The third kappa shape index (κ3) is 0.538. The highest BCUT2D eigenvalue weighted by Crippen LogP contribution is 2.76. The van der Waals surface area contributed by atoms with E-state index in [0.29, 0.717) is 0 Å². The van der Waals surface area contributed by atoms with Crippen molar-refractivity contribution in [2.24, 2.45) is 23.2 Å². The average molecular weight is 138 g/mol. The quantitative estimate of drug-likeness (QED) is 0.550. The van der Waals surface area contributed by atoms with Gasteiger partial charge in [0.25, 0.3) is 0 Å². The van der Waals surface area contributed by atoms with Crippen molar-refractivity contribution in [1.29, 1.82) is 0 Å². The van der Waals surface area contributed by atoms with Crippen LogP contribution in [0.1, 0.15) is 40.0 Å². The van der Waals surface area contributed by atoms with Crippen molar-refractivity contribution in [3.63, 3.8) is 0 Å². The van der Waals surface area contributed by atoms with E-state index in [4.69, 9.17) is 0 Å². The molecular formula is C10H18. The van der Waals surface area contributed by atoms with Crippen LogP contribution in [0.15, 0.2) is 0 Å². The molecule has 0 saturated heterocycles. The van der Waals surface area contributed by atoms with Crippen molar-refractivity contribution < 1.29 is 0 Å². The molecule has 0 bridgehead atoms. The lowest BCUT2D eigenvalue weighted by Gasteiger charge is -2.30. The van der Waals surface area contributed by atoms with Crippen molar-refractivity contribution in [2.75, 3.05) is 0 Å². The van der Waals surface area contributed by atoms with Crippen LogP contribution >= 0.6 is 0 Å². The second-order valence-corrected chi connectivity index (χ2v) is 4.42. The normalized spacial score (nSPS) is 57.3. The second kappa shape index (κ2) is 1.78. The summed E-state index contributed by atoms with van der Waals surface area (Å²) >= 11 is 0. The molecule has 4 atom stereocenters. The van der Waals surface area contributed by atoms with E-state index in [0.717, 1.165) is 23.2 Å². The van der Waals surface area contributed by atoms with E-state index in [1.165, 1.54) is 19.3 Å². The zero-order valence-corrected chi connectivity index (χ0v) is 7.35. The predicted molar refractivity (Wildman–Crippen MR) is 43.8 cm³/mol. The van der Waals surface area contributed by atoms with Gasteiger partial charge in [-0.1, -0.05) is 33.6 Å². The fourth-order valence-corrected chi connectivity index (χ4v) is 3.50. The first-order valence-corrected chi connectivity index (χ1v) is 4.74. The Morgan fingerprint density at radius 3 is 2.30 bits per heavy atom. The first kappa shape index (κ1) is 6.69. The van der Waals surface area contributed by atoms with Gasteiger partial charge in [-0.15, -0.1) is 0 Å². The van der Waals surface area contributed by atoms with Gasteiger partial charge in [-0.25, -0.2) is 0 Å². The molecule has 58 valence electrons. The van der Waals surface area contributed by atoms with Crippen LogP contribution in [-0.2, 0) is 0 Å². The van der Waals surface area contributed by atoms with Crippen LogP contribution in [0.25, 0.3) is 0 Å². The largest absolute Gasteiger partial charge is 0.0651 e. The first-order valence-electron chi connectivity index (χ1n) is 4.74. The third-order valence-corrected chi connectivity index (χ3v) is 4.11. The first-order chi connectivity index (χ1) is 4.74. The molecule has 2 aliphatic rings. The van der Waals surface area contributed by atoms with Gasteiger partial charge in [0.15, 0.2) is 0 Å². The van der Waals surface area contributed by atoms with Crippen molar-refractivity contribution in [1.82, 2.24) is 0 Å². The second-order valence-electron chi connectivity index (χ2n) is 4.42. The molecular weight excluding hydrogens is 120 g/mol. The summed E-state index contributed by atoms with van der Waals surface area (Å²) in [4.78, 5) is 0. The molecule has 4 unspecified atom stereocenters. The molecule has 10 heavy (non-hydrogen) atoms. The van der Waals surface area contributed by atoms with Gasteiger partial charge in [0, 0.05) is 0 Å². The molecule has 0 nitrogen and oxygen atoms in total. The van der Waals surface area contributed by atoms with Crippen molar-refractivity contribution in [3.05, 3.63) is 0 Å². The Balaban J connectivity index is 1.98. The molecule has 0 radical (unpaired) electrons. The van der Waals surface area contributed by atoms with E-state index in [1.54, 1.807) is 0 Å². The van der Waals surface area contributed by atoms with Crippen LogP contribution in [0.4, 0.5) is 0 Å². The summed E-state index contributed by atoms with van der Waals surface area (Å²) in [6, 6.07) is 0. The summed E-state index contributed by atoms with van der Waals surface area (Å²) in [5.41, 5.74) is 0.829. The van der Waals surface area contributed by atoms with E-state index in [-0.39, 0.29) is 0 Å². The summed E-state index contributed by atoms with van der Waals surface area (Å²) in [6.07, 6.45) is 4.39. The Hall–Kier alpha value is 0. The van der Waals surface area contributed by atoms with Gasteiger partial charge in [0.05, 0.1) is 0 Å². The van der Waals surface area contributed by atoms with Gasteiger partial charge in [0.2, 0.25) is 0 Å². The Kier molecular flexibility index (Phi) is 1.19. The fourth-order valence-electron chi connectivity index (χ4n) is 3.50. The summed E-state index contributed by atoms with van der Waals surface area (Å²) in [5, 5.41) is 0. The van der Waals surface area contributed by atoms with E-state index < -0.39 is 0 Å². The predicted octanol–water partition coefficient (Wildman–Crippen LogP) is 3.08. The zero-order valence-electron chi connectivity index (χ0n) is 7.35. The van der Waals surface area contributed by atoms with Crippen LogP contribution in [0, 0.1) is 23.2 Å². The molecule has 0 heteroatoms. The molecule has 2 fully saturated rings. The molecule has 2 rings (SSSR count). The lowest BCUT2D eigenvalue weighted by molar-refractivity contribution is 0.191. The van der Waals surface area contributed by atoms with Crippen molar-refractivity contribution in [2.45, 2.75) is 40.0 Å². The number of rotatable bonds is 2. The molecule has 0 heterocycles. The van der Waals surface area contributed by atoms with E-state index in [9.17, 15) is 0 Å². The van der Waals surface area contributed by atoms with Crippen LogP contribution in [0.3, 0.4) is 0 Å². The van der Waals surface area contributed by atoms with Gasteiger partial charge < -0.3 is 0 Å². The maximum absolute atomic E-state index is 2.48. The lowest BCUT2D eigenvalue weighted by Crippen LogP contribution is -2.22.